The van der Waals surface area contributed by atoms with E-state index in [0.29, 0.717) is 43.1 Å². The van der Waals surface area contributed by atoms with Crippen molar-refractivity contribution in [3.05, 3.63) is 77.6 Å². The Hall–Kier alpha value is -3.05. The highest BCUT2D eigenvalue weighted by Gasteiger charge is 2.13. The number of rotatable bonds is 10. The fourth-order valence-electron chi connectivity index (χ4n) is 3.42. The van der Waals surface area contributed by atoms with Crippen LogP contribution in [0.3, 0.4) is 0 Å². The van der Waals surface area contributed by atoms with E-state index in [1.54, 1.807) is 18.2 Å². The van der Waals surface area contributed by atoms with Gasteiger partial charge in [-0.15, -0.1) is 0 Å². The molecule has 5 heteroatoms. The molecule has 0 aliphatic rings. The molecule has 1 unspecified atom stereocenters. The summed E-state index contributed by atoms with van der Waals surface area (Å²) < 4.78 is 24.9. The van der Waals surface area contributed by atoms with E-state index < -0.39 is 6.10 Å². The number of aliphatic hydroxyl groups is 1. The van der Waals surface area contributed by atoms with Crippen molar-refractivity contribution in [3.63, 3.8) is 0 Å². The van der Waals surface area contributed by atoms with Crippen LogP contribution in [0.15, 0.2) is 60.7 Å². The van der Waals surface area contributed by atoms with E-state index in [9.17, 15) is 14.6 Å². The molecular formula is C26H29FO4. The summed E-state index contributed by atoms with van der Waals surface area (Å²) in [5, 5.41) is 20.6. The van der Waals surface area contributed by atoms with Gasteiger partial charge in [-0.3, -0.25) is 0 Å². The normalized spacial score (nSPS) is 11.9. The molecule has 0 aromatic heterocycles. The molecule has 0 aliphatic carbocycles. The molecule has 31 heavy (non-hydrogen) atoms. The summed E-state index contributed by atoms with van der Waals surface area (Å²) in [5.74, 6) is 1.10. The first kappa shape index (κ1) is 22.6. The van der Waals surface area contributed by atoms with Gasteiger partial charge >= 0.3 is 0 Å². The van der Waals surface area contributed by atoms with E-state index in [0.717, 1.165) is 23.1 Å². The molecule has 0 fully saturated rings. The maximum Gasteiger partial charge on any atom is 0.127 e. The van der Waals surface area contributed by atoms with Crippen LogP contribution in [0.2, 0.25) is 0 Å². The molecule has 3 aromatic carbocycles. The minimum absolute atomic E-state index is 0.0949. The third-order valence-electron chi connectivity index (χ3n) is 5.18. The first-order chi connectivity index (χ1) is 15.0. The molecule has 0 aliphatic heterocycles. The van der Waals surface area contributed by atoms with Crippen LogP contribution in [0, 0.1) is 5.82 Å². The third-order valence-corrected chi connectivity index (χ3v) is 5.18. The van der Waals surface area contributed by atoms with Gasteiger partial charge in [0.15, 0.2) is 0 Å². The van der Waals surface area contributed by atoms with Gasteiger partial charge < -0.3 is 19.7 Å². The predicted molar refractivity (Wildman–Crippen MR) is 120 cm³/mol. The Kier molecular flexibility index (Phi) is 7.90. The van der Waals surface area contributed by atoms with Crippen LogP contribution in [0.5, 0.6) is 17.2 Å². The Morgan fingerprint density at radius 1 is 0.903 bits per heavy atom. The minimum atomic E-state index is -0.540. The monoisotopic (exact) mass is 424 g/mol. The molecule has 0 heterocycles. The highest BCUT2D eigenvalue weighted by Crippen LogP contribution is 2.36. The number of aromatic hydroxyl groups is 1. The number of phenolic OH excluding ortho intramolecular Hbond substituents is 1. The number of para-hydroxylation sites is 1. The fraction of sp³-hybridized carbons (Fsp3) is 0.308. The van der Waals surface area contributed by atoms with E-state index in [-0.39, 0.29) is 11.6 Å². The maximum atomic E-state index is 13.2. The smallest absolute Gasteiger partial charge is 0.127 e. The summed E-state index contributed by atoms with van der Waals surface area (Å²) in [6.07, 6.45) is 1.48. The van der Waals surface area contributed by atoms with Gasteiger partial charge in [-0.25, -0.2) is 4.39 Å². The number of aryl methyl sites for hydroxylation is 1. The largest absolute Gasteiger partial charge is 0.507 e. The Bertz CT molecular complexity index is 985. The predicted octanol–water partition coefficient (Wildman–Crippen LogP) is 6.05. The summed E-state index contributed by atoms with van der Waals surface area (Å²) in [6.45, 7) is 4.83. The SMILES string of the molecule is CCc1cc(-c2ccc(F)cc2)c(O)cc1OCCCOc1ccccc1C(O)CC. The molecular weight excluding hydrogens is 395 g/mol. The zero-order valence-electron chi connectivity index (χ0n) is 18.0. The van der Waals surface area contributed by atoms with Crippen LogP contribution >= 0.6 is 0 Å². The molecule has 0 radical (unpaired) electrons. The first-order valence-corrected chi connectivity index (χ1v) is 10.7. The van der Waals surface area contributed by atoms with E-state index in [2.05, 4.69) is 0 Å². The lowest BCUT2D eigenvalue weighted by molar-refractivity contribution is 0.165. The molecule has 4 nitrogen and oxygen atoms in total. The minimum Gasteiger partial charge on any atom is -0.507 e. The van der Waals surface area contributed by atoms with Gasteiger partial charge in [-0.1, -0.05) is 44.2 Å². The highest BCUT2D eigenvalue weighted by molar-refractivity contribution is 5.72. The Balaban J connectivity index is 1.60. The molecule has 0 saturated carbocycles. The Labute approximate surface area is 182 Å². The molecule has 164 valence electrons. The number of aliphatic hydroxyl groups excluding tert-OH is 1. The van der Waals surface area contributed by atoms with Crippen molar-refractivity contribution >= 4 is 0 Å². The van der Waals surface area contributed by atoms with Crippen molar-refractivity contribution in [2.75, 3.05) is 13.2 Å². The molecule has 0 amide bonds. The number of hydrogen-bond acceptors (Lipinski definition) is 4. The van der Waals surface area contributed by atoms with Crippen LogP contribution in [-0.2, 0) is 6.42 Å². The zero-order valence-corrected chi connectivity index (χ0v) is 18.0. The second-order valence-electron chi connectivity index (χ2n) is 7.35. The fourth-order valence-corrected chi connectivity index (χ4v) is 3.42. The lowest BCUT2D eigenvalue weighted by Gasteiger charge is -2.16. The van der Waals surface area contributed by atoms with Crippen molar-refractivity contribution in [1.29, 1.82) is 0 Å². The van der Waals surface area contributed by atoms with Gasteiger partial charge in [0.1, 0.15) is 23.1 Å². The van der Waals surface area contributed by atoms with Gasteiger partial charge in [0, 0.05) is 23.6 Å². The van der Waals surface area contributed by atoms with Crippen molar-refractivity contribution < 1.29 is 24.1 Å². The van der Waals surface area contributed by atoms with Crippen LogP contribution in [-0.4, -0.2) is 23.4 Å². The quantitative estimate of drug-likeness (QED) is 0.389. The Morgan fingerprint density at radius 2 is 1.58 bits per heavy atom. The molecule has 0 saturated heterocycles. The molecule has 1 atom stereocenters. The van der Waals surface area contributed by atoms with Gasteiger partial charge in [-0.05, 0) is 48.2 Å². The van der Waals surface area contributed by atoms with E-state index >= 15 is 0 Å². The highest BCUT2D eigenvalue weighted by atomic mass is 19.1. The van der Waals surface area contributed by atoms with Crippen LogP contribution in [0.4, 0.5) is 4.39 Å². The zero-order chi connectivity index (χ0) is 22.2. The number of benzene rings is 3. The number of halogens is 1. The summed E-state index contributed by atoms with van der Waals surface area (Å²) >= 11 is 0. The van der Waals surface area contributed by atoms with E-state index in [1.165, 1.54) is 12.1 Å². The number of ether oxygens (including phenoxy) is 2. The average molecular weight is 425 g/mol. The van der Waals surface area contributed by atoms with Crippen LogP contribution in [0.25, 0.3) is 11.1 Å². The van der Waals surface area contributed by atoms with Crippen molar-refractivity contribution in [3.8, 4) is 28.4 Å². The van der Waals surface area contributed by atoms with Gasteiger partial charge in [-0.2, -0.15) is 0 Å². The second-order valence-corrected chi connectivity index (χ2v) is 7.35. The van der Waals surface area contributed by atoms with E-state index in [1.807, 2.05) is 44.2 Å². The van der Waals surface area contributed by atoms with Crippen molar-refractivity contribution in [2.45, 2.75) is 39.2 Å². The van der Waals surface area contributed by atoms with Gasteiger partial charge in [0.2, 0.25) is 0 Å². The molecule has 0 bridgehead atoms. The van der Waals surface area contributed by atoms with Gasteiger partial charge in [0.25, 0.3) is 0 Å². The topological polar surface area (TPSA) is 58.9 Å². The van der Waals surface area contributed by atoms with Crippen molar-refractivity contribution in [1.82, 2.24) is 0 Å². The summed E-state index contributed by atoms with van der Waals surface area (Å²) in [5.41, 5.74) is 3.16. The Morgan fingerprint density at radius 3 is 2.26 bits per heavy atom. The standard InChI is InChI=1S/C26H29FO4/c1-3-18-16-22(19-10-12-20(27)13-11-19)24(29)17-26(18)31-15-7-14-30-25-9-6-5-8-21(25)23(28)4-2/h5-6,8-13,16-17,23,28-29H,3-4,7,14-15H2,1-2H3. The molecule has 0 spiro atoms. The second kappa shape index (κ2) is 10.8. The summed E-state index contributed by atoms with van der Waals surface area (Å²) in [4.78, 5) is 0. The molecule has 2 N–H and O–H groups in total. The average Bonchev–Trinajstić information content (AvgIpc) is 2.79. The third kappa shape index (κ3) is 5.76. The number of phenols is 1. The first-order valence-electron chi connectivity index (χ1n) is 10.7. The molecule has 3 aromatic rings. The van der Waals surface area contributed by atoms with E-state index in [4.69, 9.17) is 9.47 Å². The van der Waals surface area contributed by atoms with Crippen LogP contribution in [0.1, 0.15) is 43.9 Å². The van der Waals surface area contributed by atoms with Gasteiger partial charge in [0.05, 0.1) is 19.3 Å². The van der Waals surface area contributed by atoms with Crippen LogP contribution < -0.4 is 9.47 Å². The number of hydrogen-bond donors (Lipinski definition) is 2. The summed E-state index contributed by atoms with van der Waals surface area (Å²) in [7, 11) is 0. The lowest BCUT2D eigenvalue weighted by atomic mass is 10.00. The maximum absolute atomic E-state index is 13.2. The lowest BCUT2D eigenvalue weighted by Crippen LogP contribution is -2.08. The molecule has 3 rings (SSSR count). The summed E-state index contributed by atoms with van der Waals surface area (Å²) in [6, 6.07) is 17.1. The van der Waals surface area contributed by atoms with Crippen molar-refractivity contribution in [2.24, 2.45) is 0 Å².